The fraction of sp³-hybridized carbons (Fsp3) is 0.308. The number of ether oxygens (including phenoxy) is 1. The minimum absolute atomic E-state index is 0.00493. The summed E-state index contributed by atoms with van der Waals surface area (Å²) in [5.41, 5.74) is 0.568. The zero-order chi connectivity index (χ0) is 14.5. The normalized spacial score (nSPS) is 10.5. The molecular formula is C13H14ClN3O3. The summed E-state index contributed by atoms with van der Waals surface area (Å²) in [7, 11) is 0. The van der Waals surface area contributed by atoms with Crippen molar-refractivity contribution in [1.29, 1.82) is 0 Å². The van der Waals surface area contributed by atoms with Gasteiger partial charge in [0.2, 0.25) is 0 Å². The van der Waals surface area contributed by atoms with Crippen molar-refractivity contribution in [1.82, 2.24) is 9.78 Å². The number of non-ortho nitro benzene ring substituents is 1. The maximum Gasteiger partial charge on any atom is 0.270 e. The Balaban J connectivity index is 2.21. The predicted molar refractivity (Wildman–Crippen MR) is 75.2 cm³/mol. The Kier molecular flexibility index (Phi) is 4.57. The van der Waals surface area contributed by atoms with Gasteiger partial charge in [-0.25, -0.2) is 0 Å². The van der Waals surface area contributed by atoms with Gasteiger partial charge in [-0.3, -0.25) is 14.8 Å². The minimum Gasteiger partial charge on any atom is -0.454 e. The van der Waals surface area contributed by atoms with Crippen LogP contribution in [0.25, 0.3) is 0 Å². The Morgan fingerprint density at radius 1 is 1.50 bits per heavy atom. The monoisotopic (exact) mass is 295 g/mol. The molecule has 7 heteroatoms. The Hall–Kier alpha value is -2.08. The molecule has 0 saturated heterocycles. The lowest BCUT2D eigenvalue weighted by Gasteiger charge is -2.07. The summed E-state index contributed by atoms with van der Waals surface area (Å²) >= 11 is 5.81. The lowest BCUT2D eigenvalue weighted by atomic mass is 10.2. The first-order valence-corrected chi connectivity index (χ1v) is 6.71. The van der Waals surface area contributed by atoms with Gasteiger partial charge >= 0.3 is 0 Å². The number of halogens is 1. The quantitative estimate of drug-likeness (QED) is 0.462. The fourth-order valence-electron chi connectivity index (χ4n) is 1.76. The number of nitro benzene ring substituents is 1. The molecule has 0 aliphatic heterocycles. The van der Waals surface area contributed by atoms with Crippen molar-refractivity contribution >= 4 is 17.3 Å². The predicted octanol–water partition coefficient (Wildman–Crippen LogP) is 3.73. The van der Waals surface area contributed by atoms with Gasteiger partial charge in [-0.05, 0) is 12.5 Å². The molecular weight excluding hydrogens is 282 g/mol. The zero-order valence-corrected chi connectivity index (χ0v) is 11.7. The molecule has 2 rings (SSSR count). The Labute approximate surface area is 121 Å². The molecule has 0 saturated carbocycles. The lowest BCUT2D eigenvalue weighted by Crippen LogP contribution is -1.95. The molecule has 20 heavy (non-hydrogen) atoms. The molecule has 0 unspecified atom stereocenters. The summed E-state index contributed by atoms with van der Waals surface area (Å²) in [4.78, 5) is 10.3. The molecule has 0 aliphatic carbocycles. The van der Waals surface area contributed by atoms with Crippen LogP contribution in [0.5, 0.6) is 11.5 Å². The van der Waals surface area contributed by atoms with Crippen LogP contribution in [0.3, 0.4) is 0 Å². The highest BCUT2D eigenvalue weighted by molar-refractivity contribution is 6.17. The number of aryl methyl sites for hydroxylation is 1. The van der Waals surface area contributed by atoms with E-state index in [0.717, 1.165) is 13.0 Å². The van der Waals surface area contributed by atoms with Gasteiger partial charge in [0.25, 0.3) is 5.69 Å². The van der Waals surface area contributed by atoms with Crippen LogP contribution < -0.4 is 4.74 Å². The lowest BCUT2D eigenvalue weighted by molar-refractivity contribution is -0.384. The van der Waals surface area contributed by atoms with Crippen molar-refractivity contribution in [2.75, 3.05) is 0 Å². The summed E-state index contributed by atoms with van der Waals surface area (Å²) in [5, 5.41) is 14.9. The van der Waals surface area contributed by atoms with E-state index in [2.05, 4.69) is 12.0 Å². The number of benzene rings is 1. The van der Waals surface area contributed by atoms with Gasteiger partial charge in [0, 0.05) is 24.2 Å². The maximum absolute atomic E-state index is 10.7. The third-order valence-corrected chi connectivity index (χ3v) is 2.98. The van der Waals surface area contributed by atoms with Gasteiger partial charge in [0.05, 0.1) is 23.2 Å². The van der Waals surface area contributed by atoms with Crippen LogP contribution in [0.15, 0.2) is 30.6 Å². The fourth-order valence-corrected chi connectivity index (χ4v) is 1.97. The maximum atomic E-state index is 10.7. The Morgan fingerprint density at radius 2 is 2.30 bits per heavy atom. The van der Waals surface area contributed by atoms with Crippen LogP contribution in [-0.2, 0) is 12.4 Å². The number of alkyl halides is 1. The van der Waals surface area contributed by atoms with Crippen LogP contribution in [0.2, 0.25) is 0 Å². The van der Waals surface area contributed by atoms with Crippen molar-refractivity contribution in [3.8, 4) is 11.5 Å². The summed E-state index contributed by atoms with van der Waals surface area (Å²) in [6.45, 7) is 2.87. The van der Waals surface area contributed by atoms with Crippen molar-refractivity contribution < 1.29 is 9.66 Å². The number of nitro groups is 1. The van der Waals surface area contributed by atoms with E-state index in [9.17, 15) is 10.1 Å². The smallest absolute Gasteiger partial charge is 0.270 e. The topological polar surface area (TPSA) is 70.2 Å². The first-order valence-electron chi connectivity index (χ1n) is 6.17. The molecule has 0 aliphatic rings. The van der Waals surface area contributed by atoms with E-state index in [1.54, 1.807) is 23.1 Å². The highest BCUT2D eigenvalue weighted by Gasteiger charge is 2.12. The van der Waals surface area contributed by atoms with Crippen molar-refractivity contribution in [2.24, 2.45) is 0 Å². The van der Waals surface area contributed by atoms with Gasteiger partial charge in [-0.2, -0.15) is 5.10 Å². The average Bonchev–Trinajstić information content (AvgIpc) is 2.87. The second kappa shape index (κ2) is 6.38. The molecule has 106 valence electrons. The van der Waals surface area contributed by atoms with E-state index in [4.69, 9.17) is 16.3 Å². The van der Waals surface area contributed by atoms with E-state index in [-0.39, 0.29) is 11.6 Å². The third-order valence-electron chi connectivity index (χ3n) is 2.69. The first kappa shape index (κ1) is 14.3. The second-order valence-corrected chi connectivity index (χ2v) is 4.49. The average molecular weight is 296 g/mol. The largest absolute Gasteiger partial charge is 0.454 e. The highest BCUT2D eigenvalue weighted by atomic mass is 35.5. The molecule has 0 amide bonds. The molecule has 0 bridgehead atoms. The molecule has 1 aromatic heterocycles. The van der Waals surface area contributed by atoms with E-state index in [1.807, 2.05) is 0 Å². The highest BCUT2D eigenvalue weighted by Crippen LogP contribution is 2.29. The molecule has 0 N–H and O–H groups in total. The van der Waals surface area contributed by atoms with Crippen molar-refractivity contribution in [3.05, 3.63) is 46.3 Å². The molecule has 0 fully saturated rings. The summed E-state index contributed by atoms with van der Waals surface area (Å²) in [6, 6.07) is 4.35. The number of aromatic nitrogens is 2. The van der Waals surface area contributed by atoms with E-state index >= 15 is 0 Å². The molecule has 2 aromatic rings. The van der Waals surface area contributed by atoms with Crippen LogP contribution in [0.1, 0.15) is 18.9 Å². The Morgan fingerprint density at radius 3 is 2.95 bits per heavy atom. The zero-order valence-electron chi connectivity index (χ0n) is 11.0. The number of hydrogen-bond acceptors (Lipinski definition) is 4. The van der Waals surface area contributed by atoms with E-state index in [0.29, 0.717) is 17.1 Å². The van der Waals surface area contributed by atoms with Gasteiger partial charge in [0.15, 0.2) is 5.75 Å². The minimum atomic E-state index is -0.459. The van der Waals surface area contributed by atoms with Crippen LogP contribution in [0, 0.1) is 10.1 Å². The third kappa shape index (κ3) is 3.27. The van der Waals surface area contributed by atoms with Crippen LogP contribution >= 0.6 is 11.6 Å². The SMILES string of the molecule is CCCn1cc(Oc2ccc([N+](=O)[O-])cc2CCl)cn1. The Bertz CT molecular complexity index is 613. The van der Waals surface area contributed by atoms with E-state index in [1.165, 1.54) is 12.1 Å². The molecule has 1 aromatic carbocycles. The van der Waals surface area contributed by atoms with Gasteiger partial charge in [-0.1, -0.05) is 6.92 Å². The van der Waals surface area contributed by atoms with Crippen molar-refractivity contribution in [2.45, 2.75) is 25.8 Å². The molecule has 0 radical (unpaired) electrons. The number of nitrogens with zero attached hydrogens (tertiary/aromatic N) is 3. The molecule has 0 spiro atoms. The molecule has 6 nitrogen and oxygen atoms in total. The summed E-state index contributed by atoms with van der Waals surface area (Å²) in [5.74, 6) is 1.22. The standard InChI is InChI=1S/C13H14ClN3O3/c1-2-5-16-9-12(8-15-16)20-13-4-3-11(17(18)19)6-10(13)7-14/h3-4,6,8-9H,2,5,7H2,1H3. The summed E-state index contributed by atoms with van der Waals surface area (Å²) < 4.78 is 7.45. The van der Waals surface area contributed by atoms with Gasteiger partial charge < -0.3 is 4.74 Å². The second-order valence-electron chi connectivity index (χ2n) is 4.22. The first-order chi connectivity index (χ1) is 9.63. The van der Waals surface area contributed by atoms with E-state index < -0.39 is 4.92 Å². The van der Waals surface area contributed by atoms with Crippen LogP contribution in [-0.4, -0.2) is 14.7 Å². The van der Waals surface area contributed by atoms with Gasteiger partial charge in [-0.15, -0.1) is 11.6 Å². The van der Waals surface area contributed by atoms with Crippen LogP contribution in [0.4, 0.5) is 5.69 Å². The van der Waals surface area contributed by atoms with Gasteiger partial charge in [0.1, 0.15) is 5.75 Å². The number of hydrogen-bond donors (Lipinski definition) is 0. The number of rotatable bonds is 6. The molecule has 1 heterocycles. The molecule has 0 atom stereocenters. The summed E-state index contributed by atoms with van der Waals surface area (Å²) in [6.07, 6.45) is 4.36. The van der Waals surface area contributed by atoms with Crippen molar-refractivity contribution in [3.63, 3.8) is 0 Å².